The van der Waals surface area contributed by atoms with E-state index in [1.165, 1.54) is 6.07 Å². The molecule has 3 heteroatoms. The Kier molecular flexibility index (Phi) is 2.90. The lowest BCUT2D eigenvalue weighted by molar-refractivity contribution is 0.600. The van der Waals surface area contributed by atoms with Crippen molar-refractivity contribution in [2.45, 2.75) is 18.2 Å². The number of benzene rings is 1. The summed E-state index contributed by atoms with van der Waals surface area (Å²) in [5, 5.41) is 8.64. The second-order valence-electron chi connectivity index (χ2n) is 3.08. The van der Waals surface area contributed by atoms with Gasteiger partial charge in [-0.3, -0.25) is 0 Å². The summed E-state index contributed by atoms with van der Waals surface area (Å²) in [5.74, 6) is -0.315. The minimum Gasteiger partial charge on any atom is -0.207 e. The van der Waals surface area contributed by atoms with Crippen LogP contribution in [0.1, 0.15) is 12.5 Å². The first-order valence-electron chi connectivity index (χ1n) is 3.89. The van der Waals surface area contributed by atoms with E-state index in [-0.39, 0.29) is 12.2 Å². The first kappa shape index (κ1) is 10.0. The lowest BCUT2D eigenvalue weighted by Gasteiger charge is -2.12. The summed E-state index contributed by atoms with van der Waals surface area (Å²) in [5.41, 5.74) is 0.474. The molecule has 1 aromatic rings. The lowest BCUT2D eigenvalue weighted by Crippen LogP contribution is -2.17. The van der Waals surface area contributed by atoms with Gasteiger partial charge >= 0.3 is 0 Å². The Morgan fingerprint density at radius 2 is 2.15 bits per heavy atom. The average Bonchev–Trinajstić information content (AvgIpc) is 2.09. The van der Waals surface area contributed by atoms with E-state index in [1.54, 1.807) is 25.1 Å². The van der Waals surface area contributed by atoms with Crippen LogP contribution in [0.25, 0.3) is 0 Å². The number of alkyl halides is 1. The minimum atomic E-state index is -1.03. The minimum absolute atomic E-state index is 0.220. The average molecular weight is 198 g/mol. The van der Waals surface area contributed by atoms with Crippen molar-refractivity contribution in [3.05, 3.63) is 35.6 Å². The van der Waals surface area contributed by atoms with Gasteiger partial charge in [-0.25, -0.2) is 4.39 Å². The van der Waals surface area contributed by atoms with Gasteiger partial charge in [0.05, 0.1) is 6.07 Å². The Labute approximate surface area is 81.8 Å². The van der Waals surface area contributed by atoms with Crippen LogP contribution in [0, 0.1) is 17.1 Å². The van der Waals surface area contributed by atoms with Crippen LogP contribution in [0.3, 0.4) is 0 Å². The van der Waals surface area contributed by atoms with Crippen molar-refractivity contribution in [3.8, 4) is 6.07 Å². The highest BCUT2D eigenvalue weighted by Gasteiger charge is 2.21. The van der Waals surface area contributed by atoms with Crippen LogP contribution in [0.2, 0.25) is 0 Å². The summed E-state index contributed by atoms with van der Waals surface area (Å²) in [4.78, 5) is -1.03. The van der Waals surface area contributed by atoms with Crippen molar-refractivity contribution < 1.29 is 4.39 Å². The number of hydrogen-bond acceptors (Lipinski definition) is 1. The maximum absolute atomic E-state index is 13.1. The highest BCUT2D eigenvalue weighted by atomic mass is 35.5. The topological polar surface area (TPSA) is 23.8 Å². The molecule has 0 aromatic heterocycles. The van der Waals surface area contributed by atoms with Gasteiger partial charge < -0.3 is 0 Å². The predicted molar refractivity (Wildman–Crippen MR) is 50.0 cm³/mol. The Hall–Kier alpha value is -1.07. The molecule has 0 aliphatic rings. The summed E-state index contributed by atoms with van der Waals surface area (Å²) in [6.45, 7) is 1.57. The van der Waals surface area contributed by atoms with Gasteiger partial charge in [0.2, 0.25) is 0 Å². The van der Waals surface area contributed by atoms with Gasteiger partial charge in [0.15, 0.2) is 0 Å². The molecule has 1 nitrogen and oxygen atoms in total. The fourth-order valence-corrected chi connectivity index (χ4v) is 1.18. The standard InChI is InChI=1S/C10H9ClFN/c1-10(11,7-13)6-8-4-2-3-5-9(8)12/h2-5H,6H2,1H3. The van der Waals surface area contributed by atoms with Gasteiger partial charge in [0.1, 0.15) is 10.7 Å². The smallest absolute Gasteiger partial charge is 0.132 e. The zero-order valence-corrected chi connectivity index (χ0v) is 7.98. The van der Waals surface area contributed by atoms with Gasteiger partial charge in [0.25, 0.3) is 0 Å². The van der Waals surface area contributed by atoms with Gasteiger partial charge in [-0.15, -0.1) is 11.6 Å². The Morgan fingerprint density at radius 1 is 1.54 bits per heavy atom. The molecule has 0 fully saturated rings. The molecule has 0 amide bonds. The number of halogens is 2. The number of nitriles is 1. The van der Waals surface area contributed by atoms with Gasteiger partial charge in [-0.1, -0.05) is 18.2 Å². The highest BCUT2D eigenvalue weighted by Crippen LogP contribution is 2.21. The lowest BCUT2D eigenvalue weighted by atomic mass is 10.0. The SMILES string of the molecule is CC(Cl)(C#N)Cc1ccccc1F. The molecule has 0 aliphatic carbocycles. The molecule has 1 rings (SSSR count). The van der Waals surface area contributed by atoms with E-state index >= 15 is 0 Å². The molecule has 0 N–H and O–H groups in total. The maximum Gasteiger partial charge on any atom is 0.132 e. The molecule has 0 bridgehead atoms. The fraction of sp³-hybridized carbons (Fsp3) is 0.300. The van der Waals surface area contributed by atoms with E-state index in [0.29, 0.717) is 5.56 Å². The normalized spacial score (nSPS) is 14.6. The molecule has 0 radical (unpaired) electrons. The summed E-state index contributed by atoms with van der Waals surface area (Å²) in [6.07, 6.45) is 0.220. The third kappa shape index (κ3) is 2.71. The summed E-state index contributed by atoms with van der Waals surface area (Å²) >= 11 is 5.80. The van der Waals surface area contributed by atoms with Crippen molar-refractivity contribution in [2.75, 3.05) is 0 Å². The van der Waals surface area contributed by atoms with Crippen LogP contribution < -0.4 is 0 Å². The van der Waals surface area contributed by atoms with Crippen molar-refractivity contribution >= 4 is 11.6 Å². The predicted octanol–water partition coefficient (Wildman–Crippen LogP) is 2.89. The van der Waals surface area contributed by atoms with E-state index < -0.39 is 4.87 Å². The molecule has 1 aromatic carbocycles. The van der Waals surface area contributed by atoms with E-state index in [4.69, 9.17) is 16.9 Å². The van der Waals surface area contributed by atoms with E-state index in [2.05, 4.69) is 0 Å². The zero-order chi connectivity index (χ0) is 9.90. The fourth-order valence-electron chi connectivity index (χ4n) is 1.04. The zero-order valence-electron chi connectivity index (χ0n) is 7.22. The molecule has 0 spiro atoms. The second kappa shape index (κ2) is 3.76. The monoisotopic (exact) mass is 197 g/mol. The van der Waals surface area contributed by atoms with Crippen molar-refractivity contribution in [1.29, 1.82) is 5.26 Å². The van der Waals surface area contributed by atoms with Crippen LogP contribution in [0.15, 0.2) is 24.3 Å². The van der Waals surface area contributed by atoms with E-state index in [0.717, 1.165) is 0 Å². The van der Waals surface area contributed by atoms with E-state index in [9.17, 15) is 4.39 Å². The van der Waals surface area contributed by atoms with E-state index in [1.807, 2.05) is 6.07 Å². The largest absolute Gasteiger partial charge is 0.207 e. The molecular formula is C10H9ClFN. The third-order valence-corrected chi connectivity index (χ3v) is 1.93. The molecule has 1 atom stereocenters. The quantitative estimate of drug-likeness (QED) is 0.669. The number of rotatable bonds is 2. The molecule has 1 unspecified atom stereocenters. The van der Waals surface area contributed by atoms with Crippen molar-refractivity contribution in [2.24, 2.45) is 0 Å². The molecule has 68 valence electrons. The first-order chi connectivity index (χ1) is 6.05. The molecule has 0 aliphatic heterocycles. The Morgan fingerprint density at radius 3 is 2.69 bits per heavy atom. The van der Waals surface area contributed by atoms with Gasteiger partial charge in [-0.05, 0) is 18.6 Å². The molecular weight excluding hydrogens is 189 g/mol. The van der Waals surface area contributed by atoms with Crippen molar-refractivity contribution in [3.63, 3.8) is 0 Å². The third-order valence-electron chi connectivity index (χ3n) is 1.71. The van der Waals surface area contributed by atoms with Crippen LogP contribution in [0.5, 0.6) is 0 Å². The molecule has 0 heterocycles. The number of hydrogen-bond donors (Lipinski definition) is 0. The molecule has 13 heavy (non-hydrogen) atoms. The van der Waals surface area contributed by atoms with Gasteiger partial charge in [-0.2, -0.15) is 5.26 Å². The van der Waals surface area contributed by atoms with Crippen LogP contribution in [-0.4, -0.2) is 4.87 Å². The van der Waals surface area contributed by atoms with Crippen molar-refractivity contribution in [1.82, 2.24) is 0 Å². The Balaban J connectivity index is 2.88. The van der Waals surface area contributed by atoms with Crippen LogP contribution in [-0.2, 0) is 6.42 Å². The Bertz CT molecular complexity index is 341. The number of nitrogens with zero attached hydrogens (tertiary/aromatic N) is 1. The highest BCUT2D eigenvalue weighted by molar-refractivity contribution is 6.25. The summed E-state index contributed by atoms with van der Waals surface area (Å²) < 4.78 is 13.1. The first-order valence-corrected chi connectivity index (χ1v) is 4.26. The van der Waals surface area contributed by atoms with Crippen LogP contribution >= 0.6 is 11.6 Å². The maximum atomic E-state index is 13.1. The van der Waals surface area contributed by atoms with Gasteiger partial charge in [0, 0.05) is 6.42 Å². The molecule has 0 saturated carbocycles. The summed E-state index contributed by atoms with van der Waals surface area (Å²) in [7, 11) is 0. The molecule has 0 saturated heterocycles. The summed E-state index contributed by atoms with van der Waals surface area (Å²) in [6, 6.07) is 8.24. The second-order valence-corrected chi connectivity index (χ2v) is 3.91. The van der Waals surface area contributed by atoms with Crippen LogP contribution in [0.4, 0.5) is 4.39 Å².